The molecule has 0 aliphatic heterocycles. The molecule has 1 aromatic carbocycles. The Kier molecular flexibility index (Phi) is 3.99. The maximum absolute atomic E-state index is 12.6. The molecule has 0 unspecified atom stereocenters. The Morgan fingerprint density at radius 2 is 2.12 bits per heavy atom. The molecule has 7 nitrogen and oxygen atoms in total. The van der Waals surface area contributed by atoms with E-state index in [1.165, 1.54) is 0 Å². The largest absolute Gasteiger partial charge is 0.343 e. The molecule has 4 rings (SSSR count). The molecule has 2 heterocycles. The van der Waals surface area contributed by atoms with E-state index in [-0.39, 0.29) is 5.91 Å². The summed E-state index contributed by atoms with van der Waals surface area (Å²) in [6.07, 6.45) is 5.99. The second kappa shape index (κ2) is 6.31. The third kappa shape index (κ3) is 3.01. The van der Waals surface area contributed by atoms with E-state index in [1.54, 1.807) is 13.3 Å². The van der Waals surface area contributed by atoms with Gasteiger partial charge in [-0.1, -0.05) is 30.1 Å². The number of carbonyl (C=O) groups excluding carboxylic acids is 1. The van der Waals surface area contributed by atoms with Gasteiger partial charge in [0.15, 0.2) is 5.82 Å². The second-order valence-corrected chi connectivity index (χ2v) is 6.65. The molecule has 1 aliphatic rings. The molecule has 2 aromatic heterocycles. The standard InChI is InChI=1S/C18H21N5O2/c1-13-20-17(22-25-13)18(9-4-5-10-18)21-16(24)8-11-23-12-19-14-6-2-3-7-15(14)23/h2-3,6-7,12H,4-5,8-11H2,1H3,(H,21,24). The van der Waals surface area contributed by atoms with Crippen LogP contribution in [0.4, 0.5) is 0 Å². The van der Waals surface area contributed by atoms with Crippen molar-refractivity contribution in [3.63, 3.8) is 0 Å². The van der Waals surface area contributed by atoms with Crippen molar-refractivity contribution >= 4 is 16.9 Å². The van der Waals surface area contributed by atoms with Gasteiger partial charge in [-0.25, -0.2) is 4.98 Å². The first-order valence-electron chi connectivity index (χ1n) is 8.68. The summed E-state index contributed by atoms with van der Waals surface area (Å²) >= 11 is 0. The van der Waals surface area contributed by atoms with Gasteiger partial charge in [-0.3, -0.25) is 4.79 Å². The zero-order chi connectivity index (χ0) is 17.3. The van der Waals surface area contributed by atoms with Gasteiger partial charge in [-0.05, 0) is 25.0 Å². The molecule has 130 valence electrons. The van der Waals surface area contributed by atoms with E-state index >= 15 is 0 Å². The van der Waals surface area contributed by atoms with Crippen molar-refractivity contribution in [3.05, 3.63) is 42.3 Å². The number of nitrogens with one attached hydrogen (secondary N) is 1. The fourth-order valence-electron chi connectivity index (χ4n) is 3.62. The first-order chi connectivity index (χ1) is 12.2. The van der Waals surface area contributed by atoms with Crippen LogP contribution in [0.15, 0.2) is 35.1 Å². The van der Waals surface area contributed by atoms with Crippen molar-refractivity contribution in [2.75, 3.05) is 0 Å². The summed E-state index contributed by atoms with van der Waals surface area (Å²) in [4.78, 5) is 21.3. The molecule has 3 aromatic rings. The highest BCUT2D eigenvalue weighted by Crippen LogP contribution is 2.37. The molecule has 1 amide bonds. The minimum absolute atomic E-state index is 0.00198. The minimum Gasteiger partial charge on any atom is -0.343 e. The summed E-state index contributed by atoms with van der Waals surface area (Å²) in [6, 6.07) is 7.93. The predicted molar refractivity (Wildman–Crippen MR) is 91.7 cm³/mol. The fraction of sp³-hybridized carbons (Fsp3) is 0.444. The molecule has 0 atom stereocenters. The number of imidazole rings is 1. The monoisotopic (exact) mass is 339 g/mol. The number of fused-ring (bicyclic) bond motifs is 1. The number of nitrogens with zero attached hydrogens (tertiary/aromatic N) is 4. The van der Waals surface area contributed by atoms with Gasteiger partial charge in [-0.2, -0.15) is 4.98 Å². The first-order valence-corrected chi connectivity index (χ1v) is 8.68. The average molecular weight is 339 g/mol. The summed E-state index contributed by atoms with van der Waals surface area (Å²) in [7, 11) is 0. The molecular formula is C18H21N5O2. The van der Waals surface area contributed by atoms with E-state index in [0.29, 0.717) is 24.7 Å². The lowest BCUT2D eigenvalue weighted by atomic mass is 9.96. The zero-order valence-electron chi connectivity index (χ0n) is 14.2. The maximum Gasteiger partial charge on any atom is 0.223 e. The summed E-state index contributed by atoms with van der Waals surface area (Å²) in [5.41, 5.74) is 1.50. The van der Waals surface area contributed by atoms with Gasteiger partial charge in [0.05, 0.1) is 17.4 Å². The van der Waals surface area contributed by atoms with Crippen molar-refractivity contribution in [2.24, 2.45) is 0 Å². The lowest BCUT2D eigenvalue weighted by Gasteiger charge is -2.26. The smallest absolute Gasteiger partial charge is 0.223 e. The summed E-state index contributed by atoms with van der Waals surface area (Å²) < 4.78 is 7.13. The fourth-order valence-corrected chi connectivity index (χ4v) is 3.62. The molecule has 1 aliphatic carbocycles. The van der Waals surface area contributed by atoms with Crippen LogP contribution in [0.1, 0.15) is 43.8 Å². The Hall–Kier alpha value is -2.70. The van der Waals surface area contributed by atoms with Gasteiger partial charge in [0, 0.05) is 19.9 Å². The van der Waals surface area contributed by atoms with Crippen molar-refractivity contribution in [1.29, 1.82) is 0 Å². The van der Waals surface area contributed by atoms with Gasteiger partial charge >= 0.3 is 0 Å². The predicted octanol–water partition coefficient (Wildman–Crippen LogP) is 2.70. The molecule has 1 saturated carbocycles. The Balaban J connectivity index is 1.45. The minimum atomic E-state index is -0.480. The van der Waals surface area contributed by atoms with Crippen molar-refractivity contribution < 1.29 is 9.32 Å². The van der Waals surface area contributed by atoms with Crippen molar-refractivity contribution in [1.82, 2.24) is 25.0 Å². The molecule has 7 heteroatoms. The molecule has 0 saturated heterocycles. The highest BCUT2D eigenvalue weighted by atomic mass is 16.5. The summed E-state index contributed by atoms with van der Waals surface area (Å²) in [5, 5.41) is 7.23. The van der Waals surface area contributed by atoms with Crippen LogP contribution in [0.2, 0.25) is 0 Å². The number of para-hydroxylation sites is 2. The Morgan fingerprint density at radius 3 is 2.88 bits per heavy atom. The number of hydrogen-bond acceptors (Lipinski definition) is 5. The number of benzene rings is 1. The molecule has 25 heavy (non-hydrogen) atoms. The highest BCUT2D eigenvalue weighted by Gasteiger charge is 2.41. The molecule has 0 spiro atoms. The lowest BCUT2D eigenvalue weighted by Crippen LogP contribution is -2.44. The van der Waals surface area contributed by atoms with E-state index < -0.39 is 5.54 Å². The van der Waals surface area contributed by atoms with E-state index in [4.69, 9.17) is 4.52 Å². The number of aromatic nitrogens is 4. The van der Waals surface area contributed by atoms with E-state index in [2.05, 4.69) is 20.4 Å². The average Bonchev–Trinajstić information content (AvgIpc) is 3.33. The molecule has 0 radical (unpaired) electrons. The van der Waals surface area contributed by atoms with Crippen LogP contribution in [0.5, 0.6) is 0 Å². The molecule has 0 bridgehead atoms. The molecule has 1 fully saturated rings. The normalized spacial score (nSPS) is 16.4. The maximum atomic E-state index is 12.6. The Labute approximate surface area is 145 Å². The Morgan fingerprint density at radius 1 is 1.32 bits per heavy atom. The van der Waals surface area contributed by atoms with E-state index in [9.17, 15) is 4.79 Å². The summed E-state index contributed by atoms with van der Waals surface area (Å²) in [5.74, 6) is 1.13. The molecule has 1 N–H and O–H groups in total. The van der Waals surface area contributed by atoms with Gasteiger partial charge in [0.25, 0.3) is 0 Å². The quantitative estimate of drug-likeness (QED) is 0.772. The number of amides is 1. The zero-order valence-corrected chi connectivity index (χ0v) is 14.2. The van der Waals surface area contributed by atoms with E-state index in [1.807, 2.05) is 28.8 Å². The number of aryl methyl sites for hydroxylation is 2. The van der Waals surface area contributed by atoms with Gasteiger partial charge < -0.3 is 14.4 Å². The summed E-state index contributed by atoms with van der Waals surface area (Å²) in [6.45, 7) is 2.36. The van der Waals surface area contributed by atoms with Gasteiger partial charge in [0.2, 0.25) is 11.8 Å². The van der Waals surface area contributed by atoms with Crippen molar-refractivity contribution in [2.45, 2.75) is 51.1 Å². The highest BCUT2D eigenvalue weighted by molar-refractivity contribution is 5.78. The van der Waals surface area contributed by atoms with Crippen LogP contribution in [-0.4, -0.2) is 25.6 Å². The first kappa shape index (κ1) is 15.8. The van der Waals surface area contributed by atoms with Crippen molar-refractivity contribution in [3.8, 4) is 0 Å². The van der Waals surface area contributed by atoms with E-state index in [0.717, 1.165) is 36.7 Å². The number of rotatable bonds is 5. The van der Waals surface area contributed by atoms with Crippen LogP contribution in [0.3, 0.4) is 0 Å². The van der Waals surface area contributed by atoms with Crippen LogP contribution in [0.25, 0.3) is 11.0 Å². The number of hydrogen-bond donors (Lipinski definition) is 1. The third-order valence-electron chi connectivity index (χ3n) is 4.90. The number of carbonyl (C=O) groups is 1. The second-order valence-electron chi connectivity index (χ2n) is 6.65. The van der Waals surface area contributed by atoms with Crippen LogP contribution in [-0.2, 0) is 16.9 Å². The Bertz CT molecular complexity index is 892. The molecular weight excluding hydrogens is 318 g/mol. The van der Waals surface area contributed by atoms with Crippen LogP contribution >= 0.6 is 0 Å². The topological polar surface area (TPSA) is 85.8 Å². The lowest BCUT2D eigenvalue weighted by molar-refractivity contribution is -0.123. The third-order valence-corrected chi connectivity index (χ3v) is 4.90. The van der Waals surface area contributed by atoms with Gasteiger partial charge in [0.1, 0.15) is 5.54 Å². The van der Waals surface area contributed by atoms with Gasteiger partial charge in [-0.15, -0.1) is 0 Å². The van der Waals surface area contributed by atoms with Crippen LogP contribution < -0.4 is 5.32 Å². The SMILES string of the molecule is Cc1nc(C2(NC(=O)CCn3cnc4ccccc43)CCCC2)no1. The van der Waals surface area contributed by atoms with Crippen LogP contribution in [0, 0.1) is 6.92 Å².